The number of aromatic nitrogens is 4. The van der Waals surface area contributed by atoms with Crippen molar-refractivity contribution in [2.24, 2.45) is 17.8 Å². The van der Waals surface area contributed by atoms with Gasteiger partial charge in [0.15, 0.2) is 17.5 Å². The monoisotopic (exact) mass is 427 g/mol. The van der Waals surface area contributed by atoms with E-state index in [1.54, 1.807) is 13.1 Å². The first kappa shape index (κ1) is 19.8. The molecule has 3 heterocycles. The van der Waals surface area contributed by atoms with Crippen LogP contribution in [-0.4, -0.2) is 38.6 Å². The molecule has 6 rings (SSSR count). The zero-order valence-electron chi connectivity index (χ0n) is 17.1. The van der Waals surface area contributed by atoms with Crippen LogP contribution in [0.3, 0.4) is 0 Å². The summed E-state index contributed by atoms with van der Waals surface area (Å²) >= 11 is 0. The maximum atomic E-state index is 14.7. The number of hydrogen-bond donors (Lipinski definition) is 2. The van der Waals surface area contributed by atoms with Gasteiger partial charge in [0.25, 0.3) is 0 Å². The van der Waals surface area contributed by atoms with E-state index in [2.05, 4.69) is 25.3 Å². The topological polar surface area (TPSA) is 92.8 Å². The molecule has 0 aliphatic heterocycles. The number of ether oxygens (including phenoxy) is 1. The lowest BCUT2D eigenvalue weighted by atomic mass is 9.61. The van der Waals surface area contributed by atoms with Gasteiger partial charge in [-0.3, -0.25) is 4.79 Å². The van der Waals surface area contributed by atoms with E-state index in [4.69, 9.17) is 4.74 Å². The number of carbonyl (C=O) groups is 1. The molecule has 0 aromatic carbocycles. The van der Waals surface area contributed by atoms with Gasteiger partial charge in [-0.25, -0.2) is 23.7 Å². The first-order valence-electron chi connectivity index (χ1n) is 10.6. The third kappa shape index (κ3) is 3.51. The minimum absolute atomic E-state index is 0.0376. The Morgan fingerprint density at radius 3 is 2.74 bits per heavy atom. The Labute approximate surface area is 177 Å². The molecule has 3 aliphatic carbocycles. The zero-order chi connectivity index (χ0) is 21.5. The molecule has 3 saturated carbocycles. The fourth-order valence-electron chi connectivity index (χ4n) is 5.15. The van der Waals surface area contributed by atoms with Crippen molar-refractivity contribution in [2.45, 2.75) is 38.6 Å². The van der Waals surface area contributed by atoms with Crippen LogP contribution in [0.5, 0.6) is 0 Å². The number of fused-ring (bicyclic) bond motifs is 4. The SMILES string of the molecule is CCOC(=O)[C@H]1C2CCC(CC2)C1Nc1nc(-c2c[nH]c3ncc(F)cc23)ncc1F. The molecule has 3 fully saturated rings. The molecule has 3 aromatic rings. The maximum Gasteiger partial charge on any atom is 0.311 e. The van der Waals surface area contributed by atoms with Gasteiger partial charge < -0.3 is 15.0 Å². The lowest BCUT2D eigenvalue weighted by Gasteiger charge is -2.47. The second kappa shape index (κ2) is 7.86. The summed E-state index contributed by atoms with van der Waals surface area (Å²) in [5.41, 5.74) is 1.02. The summed E-state index contributed by atoms with van der Waals surface area (Å²) in [6, 6.07) is 1.09. The smallest absolute Gasteiger partial charge is 0.311 e. The van der Waals surface area contributed by atoms with Crippen molar-refractivity contribution < 1.29 is 18.3 Å². The van der Waals surface area contributed by atoms with Crippen LogP contribution in [0, 0.1) is 29.4 Å². The number of nitrogens with zero attached hydrogens (tertiary/aromatic N) is 3. The maximum absolute atomic E-state index is 14.7. The minimum atomic E-state index is -0.600. The van der Waals surface area contributed by atoms with E-state index >= 15 is 0 Å². The molecule has 0 amide bonds. The molecule has 3 aliphatic rings. The van der Waals surface area contributed by atoms with Crippen LogP contribution in [0.25, 0.3) is 22.4 Å². The third-order valence-electron chi connectivity index (χ3n) is 6.56. The van der Waals surface area contributed by atoms with E-state index < -0.39 is 11.6 Å². The molecule has 2 atom stereocenters. The Kier molecular flexibility index (Phi) is 5.03. The number of aromatic amines is 1. The molecule has 0 saturated heterocycles. The van der Waals surface area contributed by atoms with Gasteiger partial charge in [0.05, 0.1) is 24.9 Å². The van der Waals surface area contributed by atoms with E-state index in [9.17, 15) is 13.6 Å². The molecule has 7 nitrogen and oxygen atoms in total. The van der Waals surface area contributed by atoms with Crippen molar-refractivity contribution >= 4 is 22.8 Å². The van der Waals surface area contributed by atoms with Crippen molar-refractivity contribution in [2.75, 3.05) is 11.9 Å². The summed E-state index contributed by atoms with van der Waals surface area (Å²) in [5, 5.41) is 3.72. The molecule has 2 N–H and O–H groups in total. The number of pyridine rings is 1. The fourth-order valence-corrected chi connectivity index (χ4v) is 5.15. The first-order valence-corrected chi connectivity index (χ1v) is 10.6. The molecule has 0 radical (unpaired) electrons. The van der Waals surface area contributed by atoms with Crippen LogP contribution in [0.1, 0.15) is 32.6 Å². The van der Waals surface area contributed by atoms with E-state index in [-0.39, 0.29) is 41.4 Å². The highest BCUT2D eigenvalue weighted by Crippen LogP contribution is 2.46. The standard InChI is InChI=1S/C22H23F2N5O2/c1-2-31-22(30)17-11-3-5-12(6-4-11)18(17)28-21-16(24)10-27-20(29-21)15-9-26-19-14(15)7-13(23)8-25-19/h7-12,17-18H,2-6H2,1H3,(H,25,26)(H,27,28,29)/t11?,12?,17-,18?/m0/s1. The Bertz CT molecular complexity index is 1130. The summed E-state index contributed by atoms with van der Waals surface area (Å²) in [6.07, 6.45) is 7.79. The van der Waals surface area contributed by atoms with E-state index in [0.29, 0.717) is 23.2 Å². The van der Waals surface area contributed by atoms with Crippen LogP contribution in [0.2, 0.25) is 0 Å². The molecule has 2 bridgehead atoms. The number of anilines is 1. The van der Waals surface area contributed by atoms with Crippen LogP contribution in [0.4, 0.5) is 14.6 Å². The third-order valence-corrected chi connectivity index (χ3v) is 6.56. The van der Waals surface area contributed by atoms with E-state index in [1.165, 1.54) is 6.07 Å². The molecule has 0 spiro atoms. The number of esters is 1. The van der Waals surface area contributed by atoms with E-state index in [0.717, 1.165) is 38.1 Å². The molecule has 3 aromatic heterocycles. The molecule has 9 heteroatoms. The Hall–Kier alpha value is -3.10. The Morgan fingerprint density at radius 1 is 1.19 bits per heavy atom. The van der Waals surface area contributed by atoms with Gasteiger partial charge in [0, 0.05) is 23.2 Å². The van der Waals surface area contributed by atoms with Gasteiger partial charge in [-0.2, -0.15) is 0 Å². The van der Waals surface area contributed by atoms with E-state index in [1.807, 2.05) is 0 Å². The van der Waals surface area contributed by atoms with Gasteiger partial charge in [-0.05, 0) is 50.5 Å². The second-order valence-electron chi connectivity index (χ2n) is 8.27. The summed E-state index contributed by atoms with van der Waals surface area (Å²) in [7, 11) is 0. The summed E-state index contributed by atoms with van der Waals surface area (Å²) in [5.74, 6) is -0.871. The molecule has 162 valence electrons. The molecule has 1 unspecified atom stereocenters. The van der Waals surface area contributed by atoms with Crippen molar-refractivity contribution in [1.82, 2.24) is 19.9 Å². The lowest BCUT2D eigenvalue weighted by Crippen LogP contribution is -2.52. The Balaban J connectivity index is 1.49. The quantitative estimate of drug-likeness (QED) is 0.596. The van der Waals surface area contributed by atoms with Crippen molar-refractivity contribution in [3.8, 4) is 11.4 Å². The molecular formula is C22H23F2N5O2. The molecule has 31 heavy (non-hydrogen) atoms. The predicted molar refractivity (Wildman–Crippen MR) is 110 cm³/mol. The fraction of sp³-hybridized carbons (Fsp3) is 0.455. The highest BCUT2D eigenvalue weighted by Gasteiger charge is 2.48. The summed E-state index contributed by atoms with van der Waals surface area (Å²) in [4.78, 5) is 28.1. The normalized spacial score (nSPS) is 25.0. The molecular weight excluding hydrogens is 404 g/mol. The van der Waals surface area contributed by atoms with Crippen molar-refractivity contribution in [3.05, 3.63) is 36.3 Å². The number of rotatable bonds is 5. The van der Waals surface area contributed by atoms with Gasteiger partial charge in [-0.15, -0.1) is 0 Å². The van der Waals surface area contributed by atoms with Crippen LogP contribution < -0.4 is 5.32 Å². The highest BCUT2D eigenvalue weighted by molar-refractivity contribution is 5.91. The number of halogens is 2. The zero-order valence-corrected chi connectivity index (χ0v) is 17.1. The lowest BCUT2D eigenvalue weighted by molar-refractivity contribution is -0.154. The van der Waals surface area contributed by atoms with Crippen molar-refractivity contribution in [3.63, 3.8) is 0 Å². The van der Waals surface area contributed by atoms with Gasteiger partial charge >= 0.3 is 5.97 Å². The number of hydrogen-bond acceptors (Lipinski definition) is 6. The second-order valence-corrected chi connectivity index (χ2v) is 8.27. The predicted octanol–water partition coefficient (Wildman–Crippen LogP) is 4.08. The van der Waals surface area contributed by atoms with Crippen LogP contribution >= 0.6 is 0 Å². The van der Waals surface area contributed by atoms with Crippen molar-refractivity contribution in [1.29, 1.82) is 0 Å². The summed E-state index contributed by atoms with van der Waals surface area (Å²) < 4.78 is 33.7. The number of carbonyl (C=O) groups excluding carboxylic acids is 1. The van der Waals surface area contributed by atoms with Crippen LogP contribution in [0.15, 0.2) is 24.7 Å². The van der Waals surface area contributed by atoms with Crippen LogP contribution in [-0.2, 0) is 9.53 Å². The van der Waals surface area contributed by atoms with Gasteiger partial charge in [0.1, 0.15) is 11.5 Å². The Morgan fingerprint density at radius 2 is 1.97 bits per heavy atom. The largest absolute Gasteiger partial charge is 0.466 e. The summed E-state index contributed by atoms with van der Waals surface area (Å²) in [6.45, 7) is 2.10. The number of H-pyrrole nitrogens is 1. The van der Waals surface area contributed by atoms with Gasteiger partial charge in [0.2, 0.25) is 0 Å². The highest BCUT2D eigenvalue weighted by atomic mass is 19.1. The average Bonchev–Trinajstić information content (AvgIpc) is 3.19. The first-order chi connectivity index (χ1) is 15.0. The van der Waals surface area contributed by atoms with Gasteiger partial charge in [-0.1, -0.05) is 0 Å². The minimum Gasteiger partial charge on any atom is -0.466 e. The number of nitrogens with one attached hydrogen (secondary N) is 2. The average molecular weight is 427 g/mol.